The van der Waals surface area contributed by atoms with Crippen LogP contribution in [0.3, 0.4) is 0 Å². The Balaban J connectivity index is -0.0000000227. The van der Waals surface area contributed by atoms with E-state index in [1.54, 1.807) is 0 Å². The van der Waals surface area contributed by atoms with Crippen LogP contribution in [-0.4, -0.2) is 0 Å². The van der Waals surface area contributed by atoms with E-state index in [1.165, 1.54) is 0 Å². The molecule has 0 N–H and O–H groups in total. The second kappa shape index (κ2) is 29.9. The average Bonchev–Trinajstić information content (AvgIpc) is 2.67. The van der Waals surface area contributed by atoms with Crippen LogP contribution in [0, 0.1) is 12.2 Å². The first-order chi connectivity index (χ1) is 5.00. The average molecular weight is 348 g/mol. The fraction of sp³-hybridized carbons (Fsp3) is 0.200. The molecule has 2 aliphatic rings. The van der Waals surface area contributed by atoms with Gasteiger partial charge in [-0.15, -0.1) is 12.8 Å². The van der Waals surface area contributed by atoms with Crippen LogP contribution in [0.1, 0.15) is 12.8 Å². The molecule has 0 spiro atoms. The predicted molar refractivity (Wildman–Crippen MR) is 95.0 cm³/mol. The Morgan fingerprint density at radius 2 is 0.938 bits per heavy atom. The molecule has 0 aromatic heterocycles. The molecule has 0 atom stereocenters. The van der Waals surface area contributed by atoms with E-state index in [4.69, 9.17) is 0 Å². The quantitative estimate of drug-likeness (QED) is 0.466. The van der Waals surface area contributed by atoms with Crippen molar-refractivity contribution in [3.63, 3.8) is 0 Å². The van der Waals surface area contributed by atoms with Crippen molar-refractivity contribution in [2.75, 3.05) is 0 Å². The molecule has 0 aromatic rings. The van der Waals surface area contributed by atoms with Crippen LogP contribution in [0.15, 0.2) is 36.5 Å². The second-order valence-electron chi connectivity index (χ2n) is 2.01. The van der Waals surface area contributed by atoms with Gasteiger partial charge in [-0.05, 0) is 0 Å². The van der Waals surface area contributed by atoms with Crippen molar-refractivity contribution in [1.29, 1.82) is 0 Å². The summed E-state index contributed by atoms with van der Waals surface area (Å²) in [7, 11) is 0. The Hall–Kier alpha value is 1.42. The minimum Gasteiger partial charge on any atom is -0.273 e. The van der Waals surface area contributed by atoms with E-state index in [2.05, 4.69) is 24.3 Å². The third kappa shape index (κ3) is 24.6. The minimum absolute atomic E-state index is 0. The summed E-state index contributed by atoms with van der Waals surface area (Å²) in [6.45, 7) is 0. The molecule has 0 aromatic carbocycles. The van der Waals surface area contributed by atoms with E-state index < -0.39 is 0 Å². The Morgan fingerprint density at radius 3 is 1.00 bits per heavy atom. The van der Waals surface area contributed by atoms with Crippen molar-refractivity contribution in [3.8, 4) is 0 Å². The van der Waals surface area contributed by atoms with Gasteiger partial charge < -0.3 is 0 Å². The summed E-state index contributed by atoms with van der Waals surface area (Å²) < 4.78 is 0. The Bertz CT molecular complexity index is 157. The van der Waals surface area contributed by atoms with Crippen molar-refractivity contribution < 1.29 is 21.7 Å². The molecule has 0 fully saturated rings. The Morgan fingerprint density at radius 1 is 0.625 bits per heavy atom. The molecule has 0 aliphatic heterocycles. The maximum atomic E-state index is 2.99. The zero-order valence-electron chi connectivity index (χ0n) is 8.88. The summed E-state index contributed by atoms with van der Waals surface area (Å²) >= 11 is 0. The molecule has 2 aliphatic carbocycles. The summed E-state index contributed by atoms with van der Waals surface area (Å²) in [6.07, 6.45) is 20.0. The van der Waals surface area contributed by atoms with E-state index in [1.807, 2.05) is 24.3 Å². The van der Waals surface area contributed by atoms with Gasteiger partial charge >= 0.3 is 21.7 Å². The van der Waals surface area contributed by atoms with Crippen LogP contribution in [0.25, 0.3) is 0 Å². The van der Waals surface area contributed by atoms with Gasteiger partial charge in [-0.2, -0.15) is 79.6 Å². The third-order valence-corrected chi connectivity index (χ3v) is 1.17. The van der Waals surface area contributed by atoms with Crippen molar-refractivity contribution in [2.45, 2.75) is 12.8 Å². The monoisotopic (exact) mass is 348 g/mol. The smallest absolute Gasteiger partial charge is 0.273 e. The first-order valence-corrected chi connectivity index (χ1v) is 3.43. The Kier molecular flexibility index (Phi) is 67.4. The standard InChI is InChI=1S/2C5H5.5H2S.Ti/c2*1-2-4-5-3-1;;;;;;/h2*1-3H,4H2;5*1H2;/q2*-1;;;;;;+2. The summed E-state index contributed by atoms with van der Waals surface area (Å²) in [5, 5.41) is 0. The Labute approximate surface area is 149 Å². The summed E-state index contributed by atoms with van der Waals surface area (Å²) in [5.41, 5.74) is 0. The summed E-state index contributed by atoms with van der Waals surface area (Å²) in [4.78, 5) is 0. The molecule has 0 saturated heterocycles. The molecule has 0 nitrogen and oxygen atoms in total. The third-order valence-electron chi connectivity index (χ3n) is 1.17. The van der Waals surface area contributed by atoms with Crippen LogP contribution >= 0.6 is 67.5 Å². The van der Waals surface area contributed by atoms with Gasteiger partial charge in [0.25, 0.3) is 0 Å². The SMILES string of the molecule is S.S.S.S.S.[C-]1=CC=CC1.[C-]1=CC=CC1.[Ti+2]. The van der Waals surface area contributed by atoms with Gasteiger partial charge in [0.2, 0.25) is 0 Å². The fourth-order valence-electron chi connectivity index (χ4n) is 0.680. The molecule has 6 heteroatoms. The van der Waals surface area contributed by atoms with Crippen molar-refractivity contribution in [3.05, 3.63) is 48.6 Å². The fourth-order valence-corrected chi connectivity index (χ4v) is 0.680. The molecule has 16 heavy (non-hydrogen) atoms. The van der Waals surface area contributed by atoms with E-state index in [9.17, 15) is 0 Å². The van der Waals surface area contributed by atoms with E-state index in [0.29, 0.717) is 0 Å². The molecule has 0 amide bonds. The van der Waals surface area contributed by atoms with E-state index in [0.717, 1.165) is 12.8 Å². The largest absolute Gasteiger partial charge is 2.00 e. The van der Waals surface area contributed by atoms with E-state index >= 15 is 0 Å². The van der Waals surface area contributed by atoms with Gasteiger partial charge in [-0.3, -0.25) is 12.2 Å². The van der Waals surface area contributed by atoms with Crippen molar-refractivity contribution in [2.24, 2.45) is 0 Å². The summed E-state index contributed by atoms with van der Waals surface area (Å²) in [6, 6.07) is 0. The molecule has 0 saturated carbocycles. The topological polar surface area (TPSA) is 0 Å². The number of hydrogen-bond acceptors (Lipinski definition) is 0. The van der Waals surface area contributed by atoms with Gasteiger partial charge in [0.05, 0.1) is 0 Å². The van der Waals surface area contributed by atoms with Crippen molar-refractivity contribution >= 4 is 67.5 Å². The maximum Gasteiger partial charge on any atom is 2.00 e. The number of rotatable bonds is 0. The molecule has 0 radical (unpaired) electrons. The first kappa shape index (κ1) is 36.0. The summed E-state index contributed by atoms with van der Waals surface area (Å²) in [5.74, 6) is 0. The molecule has 0 heterocycles. The van der Waals surface area contributed by atoms with Crippen LogP contribution in [0.4, 0.5) is 0 Å². The van der Waals surface area contributed by atoms with Gasteiger partial charge in [-0.1, -0.05) is 0 Å². The predicted octanol–water partition coefficient (Wildman–Crippen LogP) is 3.17. The van der Waals surface area contributed by atoms with Gasteiger partial charge in [-0.25, -0.2) is 24.3 Å². The zero-order valence-corrected chi connectivity index (χ0v) is 15.4. The van der Waals surface area contributed by atoms with Crippen LogP contribution < -0.4 is 0 Å². The van der Waals surface area contributed by atoms with Gasteiger partial charge in [0.1, 0.15) is 0 Å². The maximum absolute atomic E-state index is 2.99. The molecule has 94 valence electrons. The minimum atomic E-state index is 0. The molecule has 0 unspecified atom stereocenters. The van der Waals surface area contributed by atoms with Crippen LogP contribution in [-0.2, 0) is 21.7 Å². The van der Waals surface area contributed by atoms with Gasteiger partial charge in [0.15, 0.2) is 0 Å². The normalized spacial score (nSPS) is 11.0. The van der Waals surface area contributed by atoms with Crippen LogP contribution in [0.2, 0.25) is 0 Å². The van der Waals surface area contributed by atoms with Crippen molar-refractivity contribution in [1.82, 2.24) is 0 Å². The van der Waals surface area contributed by atoms with E-state index in [-0.39, 0.29) is 89.2 Å². The van der Waals surface area contributed by atoms with Crippen LogP contribution in [0.5, 0.6) is 0 Å². The molecular weight excluding hydrogens is 328 g/mol. The van der Waals surface area contributed by atoms with Gasteiger partial charge in [0, 0.05) is 0 Å². The molecular formula is C10H20S5Ti. The first-order valence-electron chi connectivity index (χ1n) is 3.43. The number of allylic oxidation sites excluding steroid dienone is 8. The molecule has 2 rings (SSSR count). The second-order valence-corrected chi connectivity index (χ2v) is 2.01. The number of hydrogen-bond donors (Lipinski definition) is 0. The zero-order chi connectivity index (χ0) is 7.07. The molecule has 0 bridgehead atoms.